The van der Waals surface area contributed by atoms with Gasteiger partial charge in [-0.1, -0.05) is 0 Å². The molecule has 4 heteroatoms. The van der Waals surface area contributed by atoms with Gasteiger partial charge in [0.2, 0.25) is 0 Å². The minimum absolute atomic E-state index is 0.464. The molecule has 11 heavy (non-hydrogen) atoms. The maximum absolute atomic E-state index is 9.21. The van der Waals surface area contributed by atoms with E-state index in [9.17, 15) is 5.11 Å². The highest BCUT2D eigenvalue weighted by Gasteiger charge is 2.17. The van der Waals surface area contributed by atoms with Gasteiger partial charge in [-0.15, -0.1) is 0 Å². The highest BCUT2D eigenvalue weighted by Crippen LogP contribution is 2.16. The Bertz CT molecular complexity index is 194. The Morgan fingerprint density at radius 3 is 2.64 bits per heavy atom. The number of aliphatic hydroxyl groups excluding tert-OH is 3. The third-order valence-electron chi connectivity index (χ3n) is 1.44. The smallest absolute Gasteiger partial charge is 0.110 e. The predicted octanol–water partition coefficient (Wildman–Crippen LogP) is -0.334. The molecule has 0 aliphatic carbocycles. The molecule has 1 heterocycles. The second-order valence-electron chi connectivity index (χ2n) is 2.25. The van der Waals surface area contributed by atoms with E-state index in [1.165, 1.54) is 18.6 Å². The monoisotopic (exact) mass is 158 g/mol. The van der Waals surface area contributed by atoms with Crippen molar-refractivity contribution in [3.63, 3.8) is 0 Å². The lowest BCUT2D eigenvalue weighted by molar-refractivity contribution is -0.0155. The molecule has 2 atom stereocenters. The Hall–Kier alpha value is -0.840. The lowest BCUT2D eigenvalue weighted by Gasteiger charge is -2.12. The molecule has 0 aliphatic heterocycles. The Balaban J connectivity index is 2.62. The van der Waals surface area contributed by atoms with E-state index < -0.39 is 18.8 Å². The van der Waals surface area contributed by atoms with Gasteiger partial charge < -0.3 is 19.7 Å². The first-order valence-electron chi connectivity index (χ1n) is 3.24. The summed E-state index contributed by atoms with van der Waals surface area (Å²) in [6, 6.07) is 1.53. The van der Waals surface area contributed by atoms with Crippen LogP contribution in [-0.2, 0) is 0 Å². The van der Waals surface area contributed by atoms with Crippen LogP contribution in [-0.4, -0.2) is 28.0 Å². The molecule has 0 fully saturated rings. The van der Waals surface area contributed by atoms with Gasteiger partial charge in [-0.05, 0) is 6.07 Å². The van der Waals surface area contributed by atoms with Crippen LogP contribution in [0.25, 0.3) is 0 Å². The summed E-state index contributed by atoms with van der Waals surface area (Å²) in [5.74, 6) is 0. The molecule has 0 saturated heterocycles. The van der Waals surface area contributed by atoms with Crippen LogP contribution in [0.5, 0.6) is 0 Å². The van der Waals surface area contributed by atoms with E-state index >= 15 is 0 Å². The summed E-state index contributed by atoms with van der Waals surface area (Å²) in [5, 5.41) is 26.6. The van der Waals surface area contributed by atoms with Gasteiger partial charge in [0, 0.05) is 5.56 Å². The highest BCUT2D eigenvalue weighted by atomic mass is 16.4. The molecule has 4 nitrogen and oxygen atoms in total. The van der Waals surface area contributed by atoms with Gasteiger partial charge in [0.25, 0.3) is 0 Å². The lowest BCUT2D eigenvalue weighted by atomic mass is 10.1. The van der Waals surface area contributed by atoms with Crippen molar-refractivity contribution in [1.82, 2.24) is 0 Å². The quantitative estimate of drug-likeness (QED) is 0.563. The maximum atomic E-state index is 9.21. The van der Waals surface area contributed by atoms with Crippen molar-refractivity contribution < 1.29 is 19.7 Å². The predicted molar refractivity (Wildman–Crippen MR) is 36.8 cm³/mol. The van der Waals surface area contributed by atoms with Crippen molar-refractivity contribution in [2.45, 2.75) is 12.2 Å². The molecule has 1 aromatic rings. The van der Waals surface area contributed by atoms with Gasteiger partial charge in [0.05, 0.1) is 19.1 Å². The molecule has 1 rings (SSSR count). The Labute approximate surface area is 63.7 Å². The first-order valence-corrected chi connectivity index (χ1v) is 3.24. The fraction of sp³-hybridized carbons (Fsp3) is 0.429. The second kappa shape index (κ2) is 3.52. The lowest BCUT2D eigenvalue weighted by Crippen LogP contribution is -2.21. The van der Waals surface area contributed by atoms with Gasteiger partial charge in [0.1, 0.15) is 12.2 Å². The van der Waals surface area contributed by atoms with E-state index in [0.29, 0.717) is 5.56 Å². The van der Waals surface area contributed by atoms with Crippen LogP contribution < -0.4 is 0 Å². The topological polar surface area (TPSA) is 73.8 Å². The van der Waals surface area contributed by atoms with E-state index in [0.717, 1.165) is 0 Å². The highest BCUT2D eigenvalue weighted by molar-refractivity contribution is 5.10. The van der Waals surface area contributed by atoms with E-state index in [2.05, 4.69) is 4.42 Å². The van der Waals surface area contributed by atoms with Crippen LogP contribution in [0.2, 0.25) is 0 Å². The zero-order chi connectivity index (χ0) is 8.27. The summed E-state index contributed by atoms with van der Waals surface area (Å²) in [6.07, 6.45) is 0.498. The van der Waals surface area contributed by atoms with Crippen LogP contribution >= 0.6 is 0 Å². The number of hydrogen-bond acceptors (Lipinski definition) is 4. The zero-order valence-electron chi connectivity index (χ0n) is 5.84. The van der Waals surface area contributed by atoms with Crippen molar-refractivity contribution in [1.29, 1.82) is 0 Å². The average Bonchev–Trinajstić information content (AvgIpc) is 2.53. The molecule has 0 aliphatic rings. The van der Waals surface area contributed by atoms with Crippen LogP contribution in [0.1, 0.15) is 11.7 Å². The molecule has 0 saturated carbocycles. The minimum Gasteiger partial charge on any atom is -0.472 e. The standard InChI is InChI=1S/C7H10O4/c8-3-6(9)7(10)5-1-2-11-4-5/h1-2,4,6-10H,3H2. The number of aliphatic hydroxyl groups is 3. The number of furan rings is 1. The molecular formula is C7H10O4. The fourth-order valence-corrected chi connectivity index (χ4v) is 0.765. The fourth-order valence-electron chi connectivity index (χ4n) is 0.765. The SMILES string of the molecule is OCC(O)C(O)c1ccoc1. The van der Waals surface area contributed by atoms with Gasteiger partial charge in [-0.3, -0.25) is 0 Å². The Morgan fingerprint density at radius 1 is 1.45 bits per heavy atom. The summed E-state index contributed by atoms with van der Waals surface area (Å²) in [5.41, 5.74) is 0.464. The van der Waals surface area contributed by atoms with Crippen LogP contribution in [0.4, 0.5) is 0 Å². The van der Waals surface area contributed by atoms with Crippen molar-refractivity contribution in [3.8, 4) is 0 Å². The van der Waals surface area contributed by atoms with Crippen molar-refractivity contribution >= 4 is 0 Å². The van der Waals surface area contributed by atoms with Gasteiger partial charge >= 0.3 is 0 Å². The molecule has 62 valence electrons. The summed E-state index contributed by atoms with van der Waals surface area (Å²) in [6.45, 7) is -0.466. The normalized spacial score (nSPS) is 16.3. The third-order valence-corrected chi connectivity index (χ3v) is 1.44. The van der Waals surface area contributed by atoms with E-state index in [1.54, 1.807) is 0 Å². The van der Waals surface area contributed by atoms with Crippen molar-refractivity contribution in [2.75, 3.05) is 6.61 Å². The van der Waals surface area contributed by atoms with E-state index in [-0.39, 0.29) is 0 Å². The number of hydrogen-bond donors (Lipinski definition) is 3. The van der Waals surface area contributed by atoms with Gasteiger partial charge in [-0.25, -0.2) is 0 Å². The van der Waals surface area contributed by atoms with Crippen molar-refractivity contribution in [2.24, 2.45) is 0 Å². The largest absolute Gasteiger partial charge is 0.472 e. The van der Waals surface area contributed by atoms with Crippen LogP contribution in [0.3, 0.4) is 0 Å². The maximum Gasteiger partial charge on any atom is 0.110 e. The molecule has 0 bridgehead atoms. The van der Waals surface area contributed by atoms with Gasteiger partial charge in [0.15, 0.2) is 0 Å². The summed E-state index contributed by atoms with van der Waals surface area (Å²) in [7, 11) is 0. The molecule has 0 spiro atoms. The third kappa shape index (κ3) is 1.80. The first-order chi connectivity index (χ1) is 5.25. The average molecular weight is 158 g/mol. The van der Waals surface area contributed by atoms with Crippen molar-refractivity contribution in [3.05, 3.63) is 24.2 Å². The molecule has 0 aromatic carbocycles. The van der Waals surface area contributed by atoms with Crippen LogP contribution in [0.15, 0.2) is 23.0 Å². The first kappa shape index (κ1) is 8.26. The second-order valence-corrected chi connectivity index (χ2v) is 2.25. The molecule has 0 radical (unpaired) electrons. The Kier molecular flexibility index (Phi) is 2.64. The zero-order valence-corrected chi connectivity index (χ0v) is 5.84. The number of rotatable bonds is 3. The van der Waals surface area contributed by atoms with Crippen LogP contribution in [0, 0.1) is 0 Å². The van der Waals surface area contributed by atoms with E-state index in [4.69, 9.17) is 10.2 Å². The van der Waals surface area contributed by atoms with Gasteiger partial charge in [-0.2, -0.15) is 0 Å². The summed E-state index contributed by atoms with van der Waals surface area (Å²) in [4.78, 5) is 0. The summed E-state index contributed by atoms with van der Waals surface area (Å²) >= 11 is 0. The minimum atomic E-state index is -1.15. The molecular weight excluding hydrogens is 148 g/mol. The molecule has 1 aromatic heterocycles. The Morgan fingerprint density at radius 2 is 2.18 bits per heavy atom. The molecule has 3 N–H and O–H groups in total. The summed E-state index contributed by atoms with van der Waals surface area (Å²) < 4.78 is 4.68. The molecule has 0 amide bonds. The van der Waals surface area contributed by atoms with E-state index in [1.807, 2.05) is 0 Å². The molecule has 2 unspecified atom stereocenters.